The molecule has 1 amide bonds. The summed E-state index contributed by atoms with van der Waals surface area (Å²) in [7, 11) is 3.04. The van der Waals surface area contributed by atoms with Gasteiger partial charge in [-0.05, 0) is 35.2 Å². The molecule has 3 aromatic rings. The number of carbonyl (C=O) groups excluding carboxylic acids is 1. The normalized spacial score (nSPS) is 13.6. The van der Waals surface area contributed by atoms with Crippen LogP contribution in [0.1, 0.15) is 17.8 Å². The number of halogens is 1. The van der Waals surface area contributed by atoms with Crippen LogP contribution >= 0.6 is 0 Å². The lowest BCUT2D eigenvalue weighted by atomic mass is 9.56. The monoisotopic (exact) mass is 377 g/mol. The van der Waals surface area contributed by atoms with Gasteiger partial charge in [-0.25, -0.2) is 9.45 Å². The van der Waals surface area contributed by atoms with E-state index in [-0.39, 0.29) is 30.9 Å². The predicted octanol–water partition coefficient (Wildman–Crippen LogP) is 4.04. The molecule has 1 heterocycles. The van der Waals surface area contributed by atoms with E-state index < -0.39 is 0 Å². The van der Waals surface area contributed by atoms with Crippen molar-refractivity contribution in [2.75, 3.05) is 24.6 Å². The molecule has 1 aliphatic heterocycles. The van der Waals surface area contributed by atoms with Gasteiger partial charge in [0.2, 0.25) is 5.91 Å². The van der Waals surface area contributed by atoms with Crippen LogP contribution < -0.4 is 10.5 Å². The minimum Gasteiger partial charge on any atom is -0.408 e. The number of nitrogens with one attached hydrogen (secondary N) is 2. The van der Waals surface area contributed by atoms with E-state index >= 15 is 0 Å². The fourth-order valence-corrected chi connectivity index (χ4v) is 3.71. The summed E-state index contributed by atoms with van der Waals surface area (Å²) in [5.41, 5.74) is 2.89. The lowest BCUT2D eigenvalue weighted by molar-refractivity contribution is -0.168. The van der Waals surface area contributed by atoms with Gasteiger partial charge in [-0.3, -0.25) is 9.63 Å². The smallest absolute Gasteiger partial charge is 0.378 e. The van der Waals surface area contributed by atoms with Crippen molar-refractivity contribution in [3.05, 3.63) is 72.0 Å². The maximum absolute atomic E-state index is 13.5. The zero-order chi connectivity index (χ0) is 19.7. The van der Waals surface area contributed by atoms with E-state index in [9.17, 15) is 9.18 Å². The molecule has 0 aliphatic carbocycles. The lowest BCUT2D eigenvalue weighted by Gasteiger charge is -2.32. The number of carbonyl (C=O) groups is 1. The molecule has 28 heavy (non-hydrogen) atoms. The highest BCUT2D eigenvalue weighted by Crippen LogP contribution is 2.37. The predicted molar refractivity (Wildman–Crippen MR) is 110 cm³/mol. The van der Waals surface area contributed by atoms with E-state index in [2.05, 4.69) is 22.6 Å². The van der Waals surface area contributed by atoms with Gasteiger partial charge in [-0.15, -0.1) is 0 Å². The van der Waals surface area contributed by atoms with E-state index in [0.717, 1.165) is 27.7 Å². The molecule has 0 spiro atoms. The van der Waals surface area contributed by atoms with Crippen molar-refractivity contribution < 1.29 is 14.0 Å². The van der Waals surface area contributed by atoms with Gasteiger partial charge in [-0.2, -0.15) is 0 Å². The molecule has 4 rings (SSSR count). The molecule has 0 radical (unpaired) electrons. The molecule has 0 unspecified atom stereocenters. The molecule has 0 fully saturated rings. The summed E-state index contributed by atoms with van der Waals surface area (Å²) in [5, 5.41) is 10.5. The third kappa shape index (κ3) is 3.41. The summed E-state index contributed by atoms with van der Waals surface area (Å²) in [6.45, 7) is -0.236. The van der Waals surface area contributed by atoms with Crippen molar-refractivity contribution in [2.45, 2.75) is 12.2 Å². The van der Waals surface area contributed by atoms with Gasteiger partial charge in [0.1, 0.15) is 5.82 Å². The Balaban J connectivity index is 1.70. The molecule has 7 heteroatoms. The average molecular weight is 377 g/mol. The van der Waals surface area contributed by atoms with Crippen molar-refractivity contribution in [1.29, 1.82) is 0 Å². The van der Waals surface area contributed by atoms with Crippen molar-refractivity contribution >= 4 is 35.0 Å². The minimum atomic E-state index is -0.303. The Labute approximate surface area is 163 Å². The van der Waals surface area contributed by atoms with E-state index in [4.69, 9.17) is 4.84 Å². The second kappa shape index (κ2) is 7.52. The minimum absolute atomic E-state index is 0.155. The molecule has 1 atom stereocenters. The lowest BCUT2D eigenvalue weighted by Crippen LogP contribution is -2.45. The second-order valence-electron chi connectivity index (χ2n) is 6.91. The maximum Gasteiger partial charge on any atom is 0.378 e. The van der Waals surface area contributed by atoms with Gasteiger partial charge in [-0.1, -0.05) is 36.4 Å². The Hall–Kier alpha value is -3.06. The first-order valence-electron chi connectivity index (χ1n) is 9.18. The number of rotatable bonds is 5. The standard InChI is InChI=1S/C21H21BFN3O2/c1-26(28-2)20(27)13-17(14-9-11-16(23)12-10-14)22-24-18-7-3-5-15-6-4-8-19(25-22)21(15)18/h3-12,17,24-25H,13H2,1-2H3/t17-/m1/s1. The van der Waals surface area contributed by atoms with Gasteiger partial charge in [0.15, 0.2) is 0 Å². The van der Waals surface area contributed by atoms with Crippen LogP contribution in [0.5, 0.6) is 0 Å². The van der Waals surface area contributed by atoms with Gasteiger partial charge >= 0.3 is 6.98 Å². The SMILES string of the molecule is CON(C)C(=O)C[C@@H](B1Nc2cccc3cccc(c23)N1)c1ccc(F)cc1. The van der Waals surface area contributed by atoms with Crippen LogP contribution in [0.2, 0.25) is 0 Å². The number of amides is 1. The number of nitrogens with zero attached hydrogens (tertiary/aromatic N) is 1. The zero-order valence-corrected chi connectivity index (χ0v) is 15.8. The molecular formula is C21H21BFN3O2. The highest BCUT2D eigenvalue weighted by atomic mass is 19.1. The Morgan fingerprint density at radius 3 is 2.25 bits per heavy atom. The van der Waals surface area contributed by atoms with Crippen molar-refractivity contribution in [2.24, 2.45) is 0 Å². The van der Waals surface area contributed by atoms with E-state index in [1.54, 1.807) is 19.2 Å². The van der Waals surface area contributed by atoms with Crippen LogP contribution in [0, 0.1) is 5.82 Å². The summed E-state index contributed by atoms with van der Waals surface area (Å²) in [6, 6.07) is 18.5. The molecule has 0 saturated heterocycles. The highest BCUT2D eigenvalue weighted by Gasteiger charge is 2.35. The number of hydrogen-bond acceptors (Lipinski definition) is 4. The van der Waals surface area contributed by atoms with Crippen LogP contribution in [0.15, 0.2) is 60.7 Å². The first-order valence-corrected chi connectivity index (χ1v) is 9.18. The fraction of sp³-hybridized carbons (Fsp3) is 0.190. The van der Waals surface area contributed by atoms with Crippen LogP contribution in [0.25, 0.3) is 10.8 Å². The van der Waals surface area contributed by atoms with Crippen molar-refractivity contribution in [1.82, 2.24) is 5.06 Å². The molecule has 0 bridgehead atoms. The highest BCUT2D eigenvalue weighted by molar-refractivity contribution is 6.69. The molecule has 5 nitrogen and oxygen atoms in total. The second-order valence-corrected chi connectivity index (χ2v) is 6.91. The summed E-state index contributed by atoms with van der Waals surface area (Å²) in [5.74, 6) is -0.686. The average Bonchev–Trinajstić information content (AvgIpc) is 2.72. The third-order valence-electron chi connectivity index (χ3n) is 5.25. The van der Waals surface area contributed by atoms with E-state index in [1.807, 2.05) is 24.3 Å². The maximum atomic E-state index is 13.5. The summed E-state index contributed by atoms with van der Waals surface area (Å²) in [6.07, 6.45) is 0.207. The van der Waals surface area contributed by atoms with Crippen LogP contribution in [-0.2, 0) is 9.63 Å². The molecule has 142 valence electrons. The molecule has 0 saturated carbocycles. The molecule has 0 aromatic heterocycles. The summed E-state index contributed by atoms with van der Waals surface area (Å²) < 4.78 is 13.5. The zero-order valence-electron chi connectivity index (χ0n) is 15.8. The number of hydrogen-bond donors (Lipinski definition) is 2. The van der Waals surface area contributed by atoms with Crippen LogP contribution in [0.4, 0.5) is 15.8 Å². The van der Waals surface area contributed by atoms with Crippen LogP contribution in [0.3, 0.4) is 0 Å². The number of hydroxylamine groups is 2. The van der Waals surface area contributed by atoms with Crippen molar-refractivity contribution in [3.63, 3.8) is 0 Å². The molecule has 3 aromatic carbocycles. The first kappa shape index (κ1) is 18.3. The Kier molecular flexibility index (Phi) is 4.92. The Morgan fingerprint density at radius 1 is 1.07 bits per heavy atom. The molecular weight excluding hydrogens is 356 g/mol. The third-order valence-corrected chi connectivity index (χ3v) is 5.25. The Morgan fingerprint density at radius 2 is 1.68 bits per heavy atom. The summed E-state index contributed by atoms with van der Waals surface area (Å²) >= 11 is 0. The fourth-order valence-electron chi connectivity index (χ4n) is 3.71. The van der Waals surface area contributed by atoms with Gasteiger partial charge in [0.25, 0.3) is 0 Å². The van der Waals surface area contributed by atoms with Gasteiger partial charge in [0.05, 0.1) is 7.11 Å². The van der Waals surface area contributed by atoms with Gasteiger partial charge < -0.3 is 10.5 Å². The molecule has 2 N–H and O–H groups in total. The number of anilines is 2. The Bertz CT molecular complexity index is 971. The first-order chi connectivity index (χ1) is 13.6. The largest absolute Gasteiger partial charge is 0.408 e. The van der Waals surface area contributed by atoms with Crippen LogP contribution in [-0.4, -0.2) is 32.1 Å². The van der Waals surface area contributed by atoms with E-state index in [0.29, 0.717) is 0 Å². The molecule has 1 aliphatic rings. The quantitative estimate of drug-likeness (QED) is 0.521. The van der Waals surface area contributed by atoms with E-state index in [1.165, 1.54) is 24.3 Å². The van der Waals surface area contributed by atoms with Crippen molar-refractivity contribution in [3.8, 4) is 0 Å². The van der Waals surface area contributed by atoms with Gasteiger partial charge in [0, 0.05) is 36.0 Å². The topological polar surface area (TPSA) is 53.6 Å². The number of benzene rings is 3. The summed E-state index contributed by atoms with van der Waals surface area (Å²) in [4.78, 5) is 17.6.